The second-order valence-corrected chi connectivity index (χ2v) is 4.07. The standard InChI is InChI=1S/C15H14FNO/c1-17(9-10-18)15-8-3-2-7-14(15)12-5-4-6-13(16)11-12/h2-8,10-11H,9H2,1H3. The molecule has 0 aliphatic rings. The quantitative estimate of drug-likeness (QED) is 0.769. The number of carbonyl (C=O) groups excluding carboxylic acids is 1. The summed E-state index contributed by atoms with van der Waals surface area (Å²) in [6.07, 6.45) is 0.850. The van der Waals surface area contributed by atoms with Crippen molar-refractivity contribution in [3.63, 3.8) is 0 Å². The summed E-state index contributed by atoms with van der Waals surface area (Å²) in [5, 5.41) is 0. The third-order valence-corrected chi connectivity index (χ3v) is 2.80. The smallest absolute Gasteiger partial charge is 0.139 e. The third-order valence-electron chi connectivity index (χ3n) is 2.80. The largest absolute Gasteiger partial charge is 0.367 e. The number of hydrogen-bond acceptors (Lipinski definition) is 2. The van der Waals surface area contributed by atoms with E-state index in [1.54, 1.807) is 6.07 Å². The second-order valence-electron chi connectivity index (χ2n) is 4.07. The van der Waals surface area contributed by atoms with Crippen molar-refractivity contribution in [1.82, 2.24) is 0 Å². The Hall–Kier alpha value is -2.16. The van der Waals surface area contributed by atoms with Gasteiger partial charge in [-0.15, -0.1) is 0 Å². The van der Waals surface area contributed by atoms with Crippen LogP contribution in [0.5, 0.6) is 0 Å². The Morgan fingerprint density at radius 2 is 1.94 bits per heavy atom. The predicted octanol–water partition coefficient (Wildman–Crippen LogP) is 3.13. The molecule has 0 radical (unpaired) electrons. The summed E-state index contributed by atoms with van der Waals surface area (Å²) in [5.41, 5.74) is 2.64. The maximum Gasteiger partial charge on any atom is 0.139 e. The van der Waals surface area contributed by atoms with E-state index in [0.717, 1.165) is 23.1 Å². The van der Waals surface area contributed by atoms with Crippen LogP contribution in [0.15, 0.2) is 48.5 Å². The first-order valence-corrected chi connectivity index (χ1v) is 5.72. The van der Waals surface area contributed by atoms with Crippen LogP contribution in [0.3, 0.4) is 0 Å². The van der Waals surface area contributed by atoms with E-state index in [4.69, 9.17) is 0 Å². The van der Waals surface area contributed by atoms with Crippen molar-refractivity contribution in [3.8, 4) is 11.1 Å². The van der Waals surface area contributed by atoms with Crippen molar-refractivity contribution >= 4 is 12.0 Å². The van der Waals surface area contributed by atoms with E-state index in [2.05, 4.69) is 0 Å². The molecule has 0 aromatic heterocycles. The molecule has 2 rings (SSSR count). The fourth-order valence-electron chi connectivity index (χ4n) is 1.92. The van der Waals surface area contributed by atoms with Crippen molar-refractivity contribution in [2.24, 2.45) is 0 Å². The first kappa shape index (κ1) is 12.3. The number of anilines is 1. The van der Waals surface area contributed by atoms with Gasteiger partial charge in [0.25, 0.3) is 0 Å². The van der Waals surface area contributed by atoms with Gasteiger partial charge < -0.3 is 9.69 Å². The summed E-state index contributed by atoms with van der Waals surface area (Å²) in [6.45, 7) is 0.312. The number of nitrogens with zero attached hydrogens (tertiary/aromatic N) is 1. The molecule has 0 N–H and O–H groups in total. The molecular weight excluding hydrogens is 229 g/mol. The van der Waals surface area contributed by atoms with E-state index in [1.165, 1.54) is 12.1 Å². The van der Waals surface area contributed by atoms with Crippen LogP contribution in [-0.4, -0.2) is 19.9 Å². The molecule has 0 spiro atoms. The molecule has 0 saturated heterocycles. The maximum absolute atomic E-state index is 13.3. The number of rotatable bonds is 4. The van der Waals surface area contributed by atoms with Gasteiger partial charge in [-0.25, -0.2) is 4.39 Å². The van der Waals surface area contributed by atoms with E-state index in [0.29, 0.717) is 6.54 Å². The highest BCUT2D eigenvalue weighted by molar-refractivity contribution is 5.79. The minimum Gasteiger partial charge on any atom is -0.367 e. The van der Waals surface area contributed by atoms with E-state index >= 15 is 0 Å². The molecule has 0 aliphatic carbocycles. The van der Waals surface area contributed by atoms with Crippen LogP contribution in [0.4, 0.5) is 10.1 Å². The van der Waals surface area contributed by atoms with Gasteiger partial charge in [-0.05, 0) is 23.8 Å². The van der Waals surface area contributed by atoms with Gasteiger partial charge in [-0.2, -0.15) is 0 Å². The molecule has 92 valence electrons. The molecule has 0 bridgehead atoms. The molecule has 0 atom stereocenters. The highest BCUT2D eigenvalue weighted by Crippen LogP contribution is 2.30. The van der Waals surface area contributed by atoms with Gasteiger partial charge >= 0.3 is 0 Å². The van der Waals surface area contributed by atoms with Crippen molar-refractivity contribution in [3.05, 3.63) is 54.3 Å². The van der Waals surface area contributed by atoms with Gasteiger partial charge in [-0.1, -0.05) is 30.3 Å². The van der Waals surface area contributed by atoms with Crippen molar-refractivity contribution in [2.75, 3.05) is 18.5 Å². The van der Waals surface area contributed by atoms with Crippen LogP contribution in [0.1, 0.15) is 0 Å². The molecule has 3 heteroatoms. The Morgan fingerprint density at radius 3 is 2.67 bits per heavy atom. The van der Waals surface area contributed by atoms with Gasteiger partial charge in [0.15, 0.2) is 0 Å². The van der Waals surface area contributed by atoms with E-state index in [9.17, 15) is 9.18 Å². The molecule has 0 fully saturated rings. The summed E-state index contributed by atoms with van der Waals surface area (Å²) >= 11 is 0. The maximum atomic E-state index is 13.3. The molecule has 0 aliphatic heterocycles. The van der Waals surface area contributed by atoms with Crippen molar-refractivity contribution in [2.45, 2.75) is 0 Å². The highest BCUT2D eigenvalue weighted by atomic mass is 19.1. The van der Waals surface area contributed by atoms with Gasteiger partial charge in [-0.3, -0.25) is 0 Å². The average molecular weight is 243 g/mol. The predicted molar refractivity (Wildman–Crippen MR) is 71.2 cm³/mol. The first-order chi connectivity index (χ1) is 8.72. The number of hydrogen-bond donors (Lipinski definition) is 0. The topological polar surface area (TPSA) is 20.3 Å². The normalized spacial score (nSPS) is 10.1. The molecule has 2 aromatic carbocycles. The van der Waals surface area contributed by atoms with Crippen LogP contribution < -0.4 is 4.90 Å². The minimum atomic E-state index is -0.264. The van der Waals surface area contributed by atoms with Gasteiger partial charge in [0.1, 0.15) is 12.1 Å². The van der Waals surface area contributed by atoms with Crippen LogP contribution in [0, 0.1) is 5.82 Å². The first-order valence-electron chi connectivity index (χ1n) is 5.72. The molecule has 2 aromatic rings. The summed E-state index contributed by atoms with van der Waals surface area (Å²) in [6, 6.07) is 14.1. The summed E-state index contributed by atoms with van der Waals surface area (Å²) in [4.78, 5) is 12.4. The molecule has 0 amide bonds. The molecular formula is C15H14FNO. The Bertz CT molecular complexity index is 554. The van der Waals surface area contributed by atoms with Gasteiger partial charge in [0, 0.05) is 18.3 Å². The monoisotopic (exact) mass is 243 g/mol. The van der Waals surface area contributed by atoms with E-state index in [-0.39, 0.29) is 5.82 Å². The Kier molecular flexibility index (Phi) is 3.72. The Balaban J connectivity index is 2.47. The minimum absolute atomic E-state index is 0.264. The lowest BCUT2D eigenvalue weighted by Crippen LogP contribution is -2.19. The molecule has 2 nitrogen and oxygen atoms in total. The summed E-state index contributed by atoms with van der Waals surface area (Å²) < 4.78 is 13.3. The number of benzene rings is 2. The summed E-state index contributed by atoms with van der Waals surface area (Å²) in [7, 11) is 1.84. The fraction of sp³-hybridized carbons (Fsp3) is 0.133. The second kappa shape index (κ2) is 5.45. The molecule has 0 heterocycles. The lowest BCUT2D eigenvalue weighted by Gasteiger charge is -2.20. The SMILES string of the molecule is CN(CC=O)c1ccccc1-c1cccc(F)c1. The zero-order chi connectivity index (χ0) is 13.0. The van der Waals surface area contributed by atoms with Crippen LogP contribution >= 0.6 is 0 Å². The van der Waals surface area contributed by atoms with E-state index < -0.39 is 0 Å². The number of para-hydroxylation sites is 1. The average Bonchev–Trinajstić information content (AvgIpc) is 2.39. The van der Waals surface area contributed by atoms with Gasteiger partial charge in [0.2, 0.25) is 0 Å². The van der Waals surface area contributed by atoms with E-state index in [1.807, 2.05) is 42.3 Å². The summed E-state index contributed by atoms with van der Waals surface area (Å²) in [5.74, 6) is -0.264. The van der Waals surface area contributed by atoms with Crippen LogP contribution in [0.25, 0.3) is 11.1 Å². The lowest BCUT2D eigenvalue weighted by molar-refractivity contribution is -0.106. The van der Waals surface area contributed by atoms with Crippen molar-refractivity contribution in [1.29, 1.82) is 0 Å². The Labute approximate surface area is 106 Å². The van der Waals surface area contributed by atoms with Crippen molar-refractivity contribution < 1.29 is 9.18 Å². The number of likely N-dealkylation sites (N-methyl/N-ethyl adjacent to an activating group) is 1. The fourth-order valence-corrected chi connectivity index (χ4v) is 1.92. The number of halogens is 1. The number of carbonyl (C=O) groups is 1. The number of aldehydes is 1. The third kappa shape index (κ3) is 2.56. The molecule has 18 heavy (non-hydrogen) atoms. The zero-order valence-corrected chi connectivity index (χ0v) is 10.1. The zero-order valence-electron chi connectivity index (χ0n) is 10.1. The molecule has 0 unspecified atom stereocenters. The Morgan fingerprint density at radius 1 is 1.17 bits per heavy atom. The highest BCUT2D eigenvalue weighted by Gasteiger charge is 2.08. The van der Waals surface area contributed by atoms with Crippen LogP contribution in [-0.2, 0) is 4.79 Å². The molecule has 0 saturated carbocycles. The van der Waals surface area contributed by atoms with Gasteiger partial charge in [0.05, 0.1) is 6.54 Å². The van der Waals surface area contributed by atoms with Crippen LogP contribution in [0.2, 0.25) is 0 Å². The lowest BCUT2D eigenvalue weighted by atomic mass is 10.0.